The van der Waals surface area contributed by atoms with E-state index in [1.54, 1.807) is 9.47 Å². The van der Waals surface area contributed by atoms with Gasteiger partial charge in [0.25, 0.3) is 5.56 Å². The molecular formula is C24H25ClF3N9O2. The summed E-state index contributed by atoms with van der Waals surface area (Å²) in [6.45, 7) is 4.96. The van der Waals surface area contributed by atoms with E-state index < -0.39 is 17.6 Å². The van der Waals surface area contributed by atoms with E-state index in [1.807, 2.05) is 11.8 Å². The maximum absolute atomic E-state index is 13.7. The molecule has 39 heavy (non-hydrogen) atoms. The number of benzene rings is 1. The molecule has 2 aliphatic rings. The second-order valence-electron chi connectivity index (χ2n) is 9.37. The third-order valence-electron chi connectivity index (χ3n) is 6.80. The van der Waals surface area contributed by atoms with Crippen LogP contribution < -0.4 is 26.0 Å². The predicted octanol–water partition coefficient (Wildman–Crippen LogP) is 2.13. The fourth-order valence-electron chi connectivity index (χ4n) is 4.79. The lowest BCUT2D eigenvalue weighted by Crippen LogP contribution is -2.47. The number of nitrogens with one attached hydrogen (secondary N) is 2. The Morgan fingerprint density at radius 3 is 2.59 bits per heavy atom. The number of piperazine rings is 1. The first kappa shape index (κ1) is 26.8. The second-order valence-corrected chi connectivity index (χ2v) is 9.78. The summed E-state index contributed by atoms with van der Waals surface area (Å²) in [7, 11) is 0. The zero-order chi connectivity index (χ0) is 27.9. The monoisotopic (exact) mass is 563 g/mol. The average Bonchev–Trinajstić information content (AvgIpc) is 3.31. The number of carbonyl (C=O) groups is 1. The molecule has 5 rings (SSSR count). The zero-order valence-corrected chi connectivity index (χ0v) is 21.7. The van der Waals surface area contributed by atoms with E-state index >= 15 is 0 Å². The first-order chi connectivity index (χ1) is 18.6. The second kappa shape index (κ2) is 10.4. The summed E-state index contributed by atoms with van der Waals surface area (Å²) in [5.41, 5.74) is -0.260. The van der Waals surface area contributed by atoms with Gasteiger partial charge in [-0.25, -0.2) is 0 Å². The van der Waals surface area contributed by atoms with Gasteiger partial charge in [0.15, 0.2) is 0 Å². The molecule has 206 valence electrons. The lowest BCUT2D eigenvalue weighted by Gasteiger charge is -2.33. The molecule has 0 saturated carbocycles. The van der Waals surface area contributed by atoms with E-state index in [2.05, 4.69) is 26.8 Å². The molecule has 0 unspecified atom stereocenters. The molecule has 2 aliphatic heterocycles. The minimum absolute atomic E-state index is 0.0254. The van der Waals surface area contributed by atoms with Crippen LogP contribution in [0.5, 0.6) is 0 Å². The van der Waals surface area contributed by atoms with Crippen molar-refractivity contribution in [2.24, 2.45) is 5.92 Å². The first-order valence-corrected chi connectivity index (χ1v) is 12.8. The van der Waals surface area contributed by atoms with Gasteiger partial charge in [0.05, 0.1) is 34.0 Å². The van der Waals surface area contributed by atoms with Gasteiger partial charge in [-0.2, -0.15) is 27.9 Å². The van der Waals surface area contributed by atoms with E-state index in [9.17, 15) is 22.8 Å². The van der Waals surface area contributed by atoms with Crippen LogP contribution in [0.2, 0.25) is 5.02 Å². The number of hydrogen-bond donors (Lipinski definition) is 2. The van der Waals surface area contributed by atoms with Gasteiger partial charge in [0, 0.05) is 39.3 Å². The highest BCUT2D eigenvalue weighted by molar-refractivity contribution is 6.33. The molecule has 3 aromatic rings. The highest BCUT2D eigenvalue weighted by Crippen LogP contribution is 2.34. The molecule has 0 radical (unpaired) electrons. The quantitative estimate of drug-likeness (QED) is 0.468. The molecule has 1 amide bonds. The molecular weight excluding hydrogens is 539 g/mol. The first-order valence-electron chi connectivity index (χ1n) is 12.4. The Bertz CT molecular complexity index is 1520. The van der Waals surface area contributed by atoms with E-state index in [0.717, 1.165) is 18.2 Å². The summed E-state index contributed by atoms with van der Waals surface area (Å²) < 4.78 is 41.8. The number of fused-ring (bicyclic) bond motifs is 1. The summed E-state index contributed by atoms with van der Waals surface area (Å²) in [4.78, 5) is 35.1. The molecule has 2 fully saturated rings. The highest BCUT2D eigenvalue weighted by atomic mass is 35.5. The fourth-order valence-corrected chi connectivity index (χ4v) is 5.02. The van der Waals surface area contributed by atoms with E-state index in [4.69, 9.17) is 16.9 Å². The zero-order valence-electron chi connectivity index (χ0n) is 20.9. The van der Waals surface area contributed by atoms with Crippen molar-refractivity contribution in [2.45, 2.75) is 26.1 Å². The van der Waals surface area contributed by atoms with Crippen molar-refractivity contribution >= 4 is 40.6 Å². The molecule has 1 aromatic carbocycles. The van der Waals surface area contributed by atoms with Gasteiger partial charge in [-0.15, -0.1) is 5.10 Å². The predicted molar refractivity (Wildman–Crippen MR) is 138 cm³/mol. The van der Waals surface area contributed by atoms with Gasteiger partial charge in [-0.3, -0.25) is 9.59 Å². The maximum atomic E-state index is 13.7. The summed E-state index contributed by atoms with van der Waals surface area (Å²) in [5, 5.41) is 19.1. The number of halogens is 4. The third-order valence-corrected chi connectivity index (χ3v) is 7.11. The Morgan fingerprint density at radius 1 is 1.26 bits per heavy atom. The smallest absolute Gasteiger partial charge is 0.363 e. The van der Waals surface area contributed by atoms with Crippen LogP contribution in [-0.2, 0) is 23.9 Å². The molecule has 0 spiro atoms. The van der Waals surface area contributed by atoms with Crippen LogP contribution in [0.4, 0.5) is 30.5 Å². The number of nitrogens with zero attached hydrogens (tertiary/aromatic N) is 7. The normalized spacial score (nSPS) is 16.3. The van der Waals surface area contributed by atoms with Crippen molar-refractivity contribution in [1.82, 2.24) is 24.5 Å². The number of anilines is 3. The number of nitriles is 1. The van der Waals surface area contributed by atoms with E-state index in [0.29, 0.717) is 57.1 Å². The lowest BCUT2D eigenvalue weighted by molar-refractivity contribution is -0.137. The number of hydrogen-bond acceptors (Lipinski definition) is 8. The van der Waals surface area contributed by atoms with E-state index in [1.165, 1.54) is 4.52 Å². The molecule has 2 aromatic heterocycles. The van der Waals surface area contributed by atoms with Gasteiger partial charge in [-0.1, -0.05) is 18.5 Å². The minimum atomic E-state index is -4.57. The van der Waals surface area contributed by atoms with Crippen LogP contribution in [-0.4, -0.2) is 64.3 Å². The van der Waals surface area contributed by atoms with Crippen molar-refractivity contribution in [3.05, 3.63) is 44.8 Å². The standard InChI is InChI=1S/C24H25ClF3N9O2/c1-2-18-20(34-7-5-30-6-8-34)21(39)37-23(32-22(33-37)35-11-14(10-29)12-35)36(18)13-19(38)31-17-4-3-15(9-16(17)25)24(26,27)28/h3-4,9,14,30H,2,5-8,11-13H2,1H3,(H,31,38). The molecule has 0 aliphatic carbocycles. The van der Waals surface area contributed by atoms with Crippen molar-refractivity contribution in [3.8, 4) is 6.07 Å². The number of amides is 1. The van der Waals surface area contributed by atoms with Gasteiger partial charge in [-0.05, 0) is 24.6 Å². The van der Waals surface area contributed by atoms with Gasteiger partial charge in [0.1, 0.15) is 12.2 Å². The van der Waals surface area contributed by atoms with Crippen LogP contribution >= 0.6 is 11.6 Å². The molecule has 4 heterocycles. The van der Waals surface area contributed by atoms with Crippen LogP contribution in [0.15, 0.2) is 23.0 Å². The Labute approximate surface area is 225 Å². The van der Waals surface area contributed by atoms with Crippen molar-refractivity contribution in [3.63, 3.8) is 0 Å². The summed E-state index contributed by atoms with van der Waals surface area (Å²) in [5.74, 6) is -0.295. The maximum Gasteiger partial charge on any atom is 0.416 e. The Morgan fingerprint density at radius 2 is 1.97 bits per heavy atom. The number of rotatable bonds is 6. The van der Waals surface area contributed by atoms with Crippen LogP contribution in [0.3, 0.4) is 0 Å². The Hall–Kier alpha value is -3.83. The van der Waals surface area contributed by atoms with Crippen LogP contribution in [0.1, 0.15) is 18.2 Å². The Balaban J connectivity index is 1.54. The van der Waals surface area contributed by atoms with Crippen molar-refractivity contribution in [2.75, 3.05) is 54.4 Å². The van der Waals surface area contributed by atoms with E-state index in [-0.39, 0.29) is 40.5 Å². The lowest BCUT2D eigenvalue weighted by atomic mass is 10.0. The fraction of sp³-hybridized carbons (Fsp3) is 0.458. The average molecular weight is 564 g/mol. The number of alkyl halides is 3. The molecule has 15 heteroatoms. The number of aromatic nitrogens is 4. The van der Waals surface area contributed by atoms with Crippen molar-refractivity contribution < 1.29 is 18.0 Å². The van der Waals surface area contributed by atoms with Gasteiger partial charge >= 0.3 is 6.18 Å². The molecule has 0 bridgehead atoms. The summed E-state index contributed by atoms with van der Waals surface area (Å²) in [6.07, 6.45) is -4.17. The van der Waals surface area contributed by atoms with Crippen molar-refractivity contribution in [1.29, 1.82) is 5.26 Å². The summed E-state index contributed by atoms with van der Waals surface area (Å²) in [6, 6.07) is 4.87. The molecule has 11 nitrogen and oxygen atoms in total. The number of carbonyl (C=O) groups excluding carboxylic acids is 1. The Kier molecular flexibility index (Phi) is 7.13. The van der Waals surface area contributed by atoms with Gasteiger partial charge < -0.3 is 25.0 Å². The third kappa shape index (κ3) is 5.11. The summed E-state index contributed by atoms with van der Waals surface area (Å²) >= 11 is 6.04. The SMILES string of the molecule is CCc1c(N2CCNCC2)c(=O)n2nc(N3CC(C#N)C3)nc2n1CC(=O)Nc1ccc(C(F)(F)F)cc1Cl. The topological polar surface area (TPSA) is 124 Å². The highest BCUT2D eigenvalue weighted by Gasteiger charge is 2.33. The molecule has 2 N–H and O–H groups in total. The van der Waals surface area contributed by atoms with Gasteiger partial charge in [0.2, 0.25) is 17.6 Å². The minimum Gasteiger partial charge on any atom is -0.363 e. The molecule has 2 saturated heterocycles. The largest absolute Gasteiger partial charge is 0.416 e. The molecule has 0 atom stereocenters. The van der Waals surface area contributed by atoms with Crippen LogP contribution in [0, 0.1) is 17.2 Å². The van der Waals surface area contributed by atoms with Crippen LogP contribution in [0.25, 0.3) is 5.78 Å².